The molecule has 1 aromatic rings. The first-order valence-electron chi connectivity index (χ1n) is 5.40. The van der Waals surface area contributed by atoms with Crippen molar-refractivity contribution < 1.29 is 4.79 Å². The van der Waals surface area contributed by atoms with Crippen molar-refractivity contribution in [2.24, 2.45) is 18.7 Å². The number of rotatable bonds is 4. The number of imidazole rings is 1. The molecule has 0 aliphatic rings. The van der Waals surface area contributed by atoms with Crippen LogP contribution in [0.2, 0.25) is 0 Å². The van der Waals surface area contributed by atoms with Crippen molar-refractivity contribution in [2.45, 2.75) is 26.4 Å². The summed E-state index contributed by atoms with van der Waals surface area (Å²) in [7, 11) is 3.66. The average Bonchev–Trinajstić information content (AvgIpc) is 2.62. The van der Waals surface area contributed by atoms with E-state index in [1.807, 2.05) is 31.7 Å². The molecule has 0 fully saturated rings. The van der Waals surface area contributed by atoms with Crippen LogP contribution in [0.1, 0.15) is 19.7 Å². The Morgan fingerprint density at radius 3 is 2.59 bits per heavy atom. The van der Waals surface area contributed by atoms with E-state index in [0.717, 1.165) is 5.82 Å². The van der Waals surface area contributed by atoms with Gasteiger partial charge < -0.3 is 15.2 Å². The van der Waals surface area contributed by atoms with Crippen LogP contribution in [0.15, 0.2) is 12.4 Å². The Morgan fingerprint density at radius 2 is 2.18 bits per heavy atom. The molecule has 0 spiro atoms. The van der Waals surface area contributed by atoms with Gasteiger partial charge in [0.25, 0.3) is 0 Å². The van der Waals surface area contributed by atoms with Gasteiger partial charge in [0.05, 0.1) is 12.6 Å². The van der Waals surface area contributed by atoms with Gasteiger partial charge in [-0.1, -0.05) is 13.8 Å². The summed E-state index contributed by atoms with van der Waals surface area (Å²) in [5, 5.41) is 0. The molecule has 1 amide bonds. The van der Waals surface area contributed by atoms with Crippen LogP contribution in [-0.2, 0) is 18.4 Å². The normalized spacial score (nSPS) is 12.1. The van der Waals surface area contributed by atoms with Crippen LogP contribution in [0.25, 0.3) is 0 Å². The van der Waals surface area contributed by atoms with E-state index in [9.17, 15) is 4.79 Å². The number of nitrogens with two attached hydrogens (primary N) is 1. The molecule has 0 aliphatic heterocycles. The molecule has 98 valence electrons. The molecule has 6 heteroatoms. The van der Waals surface area contributed by atoms with E-state index in [-0.39, 0.29) is 24.2 Å². The van der Waals surface area contributed by atoms with E-state index in [1.54, 1.807) is 18.1 Å². The molecule has 1 heterocycles. The lowest BCUT2D eigenvalue weighted by atomic mass is 10.0. The third-order valence-electron chi connectivity index (χ3n) is 2.68. The van der Waals surface area contributed by atoms with Crippen LogP contribution < -0.4 is 5.73 Å². The molecule has 1 rings (SSSR count). The monoisotopic (exact) mass is 260 g/mol. The molecule has 1 aromatic heterocycles. The number of hydrogen-bond donors (Lipinski definition) is 1. The Morgan fingerprint density at radius 1 is 1.59 bits per heavy atom. The topological polar surface area (TPSA) is 64.2 Å². The van der Waals surface area contributed by atoms with Gasteiger partial charge in [0.2, 0.25) is 5.91 Å². The fourth-order valence-electron chi connectivity index (χ4n) is 1.38. The number of amides is 1. The van der Waals surface area contributed by atoms with Crippen molar-refractivity contribution in [3.05, 3.63) is 18.2 Å². The van der Waals surface area contributed by atoms with E-state index in [2.05, 4.69) is 4.98 Å². The summed E-state index contributed by atoms with van der Waals surface area (Å²) < 4.78 is 1.89. The van der Waals surface area contributed by atoms with Crippen LogP contribution >= 0.6 is 12.4 Å². The van der Waals surface area contributed by atoms with Gasteiger partial charge in [0.15, 0.2) is 0 Å². The molecular weight excluding hydrogens is 240 g/mol. The number of likely N-dealkylation sites (N-methyl/N-ethyl adjacent to an activating group) is 1. The number of nitrogens with zero attached hydrogens (tertiary/aromatic N) is 3. The first-order valence-corrected chi connectivity index (χ1v) is 5.40. The van der Waals surface area contributed by atoms with Crippen LogP contribution in [0.3, 0.4) is 0 Å². The molecule has 5 nitrogen and oxygen atoms in total. The third-order valence-corrected chi connectivity index (χ3v) is 2.68. The summed E-state index contributed by atoms with van der Waals surface area (Å²) in [6.07, 6.45) is 3.58. The van der Waals surface area contributed by atoms with Gasteiger partial charge in [-0.25, -0.2) is 4.98 Å². The number of hydrogen-bond acceptors (Lipinski definition) is 3. The second kappa shape index (κ2) is 6.61. The predicted octanol–water partition coefficient (Wildman–Crippen LogP) is 0.784. The van der Waals surface area contributed by atoms with Crippen LogP contribution in [0.5, 0.6) is 0 Å². The standard InChI is InChI=1S/C11H20N4O.ClH/c1-8(2)10(12)11(16)15(4)7-9-13-5-6-14(9)3;/h5-6,8,10H,7,12H2,1-4H3;1H/t10-;/m0./s1. The first-order chi connectivity index (χ1) is 7.43. The summed E-state index contributed by atoms with van der Waals surface area (Å²) >= 11 is 0. The van der Waals surface area contributed by atoms with E-state index in [0.29, 0.717) is 6.54 Å². The van der Waals surface area contributed by atoms with E-state index in [1.165, 1.54) is 0 Å². The highest BCUT2D eigenvalue weighted by Gasteiger charge is 2.21. The summed E-state index contributed by atoms with van der Waals surface area (Å²) in [6.45, 7) is 4.37. The third kappa shape index (κ3) is 4.02. The lowest BCUT2D eigenvalue weighted by Gasteiger charge is -2.23. The Hall–Kier alpha value is -1.07. The molecular formula is C11H21ClN4O. The van der Waals surface area contributed by atoms with Crippen molar-refractivity contribution in [2.75, 3.05) is 7.05 Å². The van der Waals surface area contributed by atoms with Gasteiger partial charge in [-0.15, -0.1) is 12.4 Å². The van der Waals surface area contributed by atoms with E-state index >= 15 is 0 Å². The Balaban J connectivity index is 0.00000256. The molecule has 0 saturated carbocycles. The second-order valence-corrected chi connectivity index (χ2v) is 4.42. The summed E-state index contributed by atoms with van der Waals surface area (Å²) in [5.74, 6) is 0.959. The van der Waals surface area contributed by atoms with Crippen molar-refractivity contribution in [1.29, 1.82) is 0 Å². The highest BCUT2D eigenvalue weighted by atomic mass is 35.5. The quantitative estimate of drug-likeness (QED) is 0.870. The molecule has 0 aromatic carbocycles. The van der Waals surface area contributed by atoms with Crippen molar-refractivity contribution in [3.8, 4) is 0 Å². The maximum absolute atomic E-state index is 11.9. The van der Waals surface area contributed by atoms with Gasteiger partial charge in [0, 0.05) is 26.5 Å². The first kappa shape index (κ1) is 15.9. The summed E-state index contributed by atoms with van der Waals surface area (Å²) in [4.78, 5) is 17.7. The molecule has 0 unspecified atom stereocenters. The molecule has 0 saturated heterocycles. The summed E-state index contributed by atoms with van der Waals surface area (Å²) in [6, 6.07) is -0.440. The Labute approximate surface area is 108 Å². The average molecular weight is 261 g/mol. The molecule has 0 bridgehead atoms. The van der Waals surface area contributed by atoms with E-state index < -0.39 is 6.04 Å². The number of carbonyl (C=O) groups is 1. The molecule has 17 heavy (non-hydrogen) atoms. The van der Waals surface area contributed by atoms with E-state index in [4.69, 9.17) is 5.73 Å². The number of aromatic nitrogens is 2. The number of halogens is 1. The minimum absolute atomic E-state index is 0. The lowest BCUT2D eigenvalue weighted by molar-refractivity contribution is -0.132. The Kier molecular flexibility index (Phi) is 6.20. The smallest absolute Gasteiger partial charge is 0.239 e. The maximum atomic E-state index is 11.9. The summed E-state index contributed by atoms with van der Waals surface area (Å²) in [5.41, 5.74) is 5.81. The van der Waals surface area contributed by atoms with Gasteiger partial charge in [-0.3, -0.25) is 4.79 Å². The highest BCUT2D eigenvalue weighted by Crippen LogP contribution is 2.05. The highest BCUT2D eigenvalue weighted by molar-refractivity contribution is 5.85. The van der Waals surface area contributed by atoms with Crippen LogP contribution in [0.4, 0.5) is 0 Å². The number of carbonyl (C=O) groups excluding carboxylic acids is 1. The predicted molar refractivity (Wildman–Crippen MR) is 69.7 cm³/mol. The molecule has 2 N–H and O–H groups in total. The van der Waals surface area contributed by atoms with Gasteiger partial charge in [0.1, 0.15) is 5.82 Å². The number of aryl methyl sites for hydroxylation is 1. The van der Waals surface area contributed by atoms with Crippen molar-refractivity contribution >= 4 is 18.3 Å². The zero-order valence-electron chi connectivity index (χ0n) is 10.8. The fraction of sp³-hybridized carbons (Fsp3) is 0.636. The lowest BCUT2D eigenvalue weighted by Crippen LogP contribution is -2.44. The fourth-order valence-corrected chi connectivity index (χ4v) is 1.38. The second-order valence-electron chi connectivity index (χ2n) is 4.42. The van der Waals surface area contributed by atoms with Crippen molar-refractivity contribution in [1.82, 2.24) is 14.5 Å². The van der Waals surface area contributed by atoms with Gasteiger partial charge >= 0.3 is 0 Å². The SMILES string of the molecule is CC(C)[C@H](N)C(=O)N(C)Cc1nccn1C.Cl. The Bertz CT molecular complexity index is 364. The zero-order chi connectivity index (χ0) is 12.3. The maximum Gasteiger partial charge on any atom is 0.239 e. The largest absolute Gasteiger partial charge is 0.337 e. The molecule has 0 radical (unpaired) electrons. The molecule has 0 aliphatic carbocycles. The van der Waals surface area contributed by atoms with Crippen LogP contribution in [0, 0.1) is 5.92 Å². The zero-order valence-corrected chi connectivity index (χ0v) is 11.6. The van der Waals surface area contributed by atoms with Gasteiger partial charge in [-0.2, -0.15) is 0 Å². The minimum atomic E-state index is -0.440. The van der Waals surface area contributed by atoms with Gasteiger partial charge in [-0.05, 0) is 5.92 Å². The molecule has 1 atom stereocenters. The minimum Gasteiger partial charge on any atom is -0.337 e. The van der Waals surface area contributed by atoms with Crippen molar-refractivity contribution in [3.63, 3.8) is 0 Å². The van der Waals surface area contributed by atoms with Crippen LogP contribution in [-0.4, -0.2) is 33.4 Å².